The molecule has 5 nitrogen and oxygen atoms in total. The first-order chi connectivity index (χ1) is 8.09. The summed E-state index contributed by atoms with van der Waals surface area (Å²) in [5.41, 5.74) is 4.44. The number of nitrogen functional groups attached to an aromatic ring is 1. The third-order valence-corrected chi connectivity index (χ3v) is 1.98. The molecule has 2 aromatic rings. The van der Waals surface area contributed by atoms with Gasteiger partial charge in [0.15, 0.2) is 17.3 Å². The Morgan fingerprint density at radius 2 is 2.12 bits per heavy atom. The van der Waals surface area contributed by atoms with Crippen LogP contribution in [0.4, 0.5) is 14.5 Å². The number of nitrogens with two attached hydrogens (primary N) is 1. The number of aromatic nitrogens is 2. The summed E-state index contributed by atoms with van der Waals surface area (Å²) >= 11 is 0. The van der Waals surface area contributed by atoms with Crippen molar-refractivity contribution >= 4 is 5.69 Å². The summed E-state index contributed by atoms with van der Waals surface area (Å²) in [6.45, 7) is 0. The minimum Gasteiger partial charge on any atom is -0.434 e. The number of H-pyrrole nitrogens is 1. The zero-order valence-corrected chi connectivity index (χ0v) is 8.41. The van der Waals surface area contributed by atoms with Crippen LogP contribution in [0.2, 0.25) is 0 Å². The van der Waals surface area contributed by atoms with Crippen LogP contribution in [0.15, 0.2) is 29.3 Å². The third kappa shape index (κ3) is 2.07. The molecule has 17 heavy (non-hydrogen) atoms. The lowest BCUT2D eigenvalue weighted by Crippen LogP contribution is -2.13. The van der Waals surface area contributed by atoms with E-state index in [9.17, 15) is 13.6 Å². The quantitative estimate of drug-likeness (QED) is 0.830. The average molecular weight is 239 g/mol. The number of benzene rings is 1. The summed E-state index contributed by atoms with van der Waals surface area (Å²) in [5, 5.41) is 0. The molecule has 0 atom stereocenters. The number of aromatic amines is 1. The highest BCUT2D eigenvalue weighted by molar-refractivity contribution is 5.47. The van der Waals surface area contributed by atoms with E-state index in [0.29, 0.717) is 0 Å². The van der Waals surface area contributed by atoms with E-state index < -0.39 is 22.9 Å². The van der Waals surface area contributed by atoms with Gasteiger partial charge < -0.3 is 15.5 Å². The topological polar surface area (TPSA) is 81.0 Å². The molecule has 0 unspecified atom stereocenters. The summed E-state index contributed by atoms with van der Waals surface area (Å²) < 4.78 is 31.1. The SMILES string of the molecule is Nc1c(Oc2cccc(F)c2F)nc[nH]c1=O. The van der Waals surface area contributed by atoms with Gasteiger partial charge in [-0.1, -0.05) is 6.07 Å². The minimum atomic E-state index is -1.17. The van der Waals surface area contributed by atoms with Crippen molar-refractivity contribution in [2.45, 2.75) is 0 Å². The Morgan fingerprint density at radius 3 is 2.88 bits per heavy atom. The van der Waals surface area contributed by atoms with E-state index in [1.165, 1.54) is 12.1 Å². The second-order valence-electron chi connectivity index (χ2n) is 3.10. The van der Waals surface area contributed by atoms with Crippen LogP contribution in [0, 0.1) is 11.6 Å². The van der Waals surface area contributed by atoms with Gasteiger partial charge in [0.2, 0.25) is 11.7 Å². The van der Waals surface area contributed by atoms with Crippen molar-refractivity contribution in [3.63, 3.8) is 0 Å². The number of ether oxygens (including phenoxy) is 1. The fraction of sp³-hybridized carbons (Fsp3) is 0. The number of hydrogen-bond donors (Lipinski definition) is 2. The number of nitrogens with zero attached hydrogens (tertiary/aromatic N) is 1. The first-order valence-electron chi connectivity index (χ1n) is 4.54. The van der Waals surface area contributed by atoms with Crippen molar-refractivity contribution in [3.8, 4) is 11.6 Å². The van der Waals surface area contributed by atoms with E-state index in [0.717, 1.165) is 12.4 Å². The largest absolute Gasteiger partial charge is 0.434 e. The van der Waals surface area contributed by atoms with E-state index in [2.05, 4.69) is 9.97 Å². The molecule has 1 aromatic heterocycles. The van der Waals surface area contributed by atoms with Crippen LogP contribution in [0.25, 0.3) is 0 Å². The molecule has 0 aliphatic rings. The summed E-state index contributed by atoms with van der Waals surface area (Å²) in [6.07, 6.45) is 1.05. The van der Waals surface area contributed by atoms with E-state index in [1.54, 1.807) is 0 Å². The highest BCUT2D eigenvalue weighted by Gasteiger charge is 2.13. The van der Waals surface area contributed by atoms with Crippen molar-refractivity contribution in [2.75, 3.05) is 5.73 Å². The fourth-order valence-corrected chi connectivity index (χ4v) is 1.14. The average Bonchev–Trinajstić information content (AvgIpc) is 2.31. The van der Waals surface area contributed by atoms with Gasteiger partial charge >= 0.3 is 0 Å². The predicted molar refractivity (Wildman–Crippen MR) is 55.7 cm³/mol. The normalized spacial score (nSPS) is 10.2. The lowest BCUT2D eigenvalue weighted by molar-refractivity contribution is 0.406. The molecule has 0 aliphatic carbocycles. The zero-order chi connectivity index (χ0) is 12.4. The molecule has 7 heteroatoms. The standard InChI is InChI=1S/C10H7F2N3O2/c11-5-2-1-3-6(7(5)12)17-10-8(13)9(16)14-4-15-10/h1-4H,13H2,(H,14,15,16). The Labute approximate surface area is 93.9 Å². The Balaban J connectivity index is 2.42. The number of anilines is 1. The molecule has 88 valence electrons. The van der Waals surface area contributed by atoms with Crippen molar-refractivity contribution in [3.05, 3.63) is 46.5 Å². The molecule has 0 spiro atoms. The van der Waals surface area contributed by atoms with E-state index in [1.807, 2.05) is 0 Å². The first-order valence-corrected chi connectivity index (χ1v) is 4.54. The molecule has 0 saturated heterocycles. The third-order valence-electron chi connectivity index (χ3n) is 1.98. The Hall–Kier alpha value is -2.44. The first kappa shape index (κ1) is 11.1. The Bertz CT molecular complexity index is 613. The molecule has 0 radical (unpaired) electrons. The lowest BCUT2D eigenvalue weighted by atomic mass is 10.3. The van der Waals surface area contributed by atoms with Gasteiger partial charge in [-0.15, -0.1) is 0 Å². The summed E-state index contributed by atoms with van der Waals surface area (Å²) in [4.78, 5) is 16.9. The molecule has 0 amide bonds. The molecule has 0 saturated carbocycles. The zero-order valence-electron chi connectivity index (χ0n) is 8.41. The molecule has 0 aliphatic heterocycles. The number of halogens is 2. The summed E-state index contributed by atoms with van der Waals surface area (Å²) in [7, 11) is 0. The smallest absolute Gasteiger partial charge is 0.277 e. The second kappa shape index (κ2) is 4.20. The molecular formula is C10H7F2N3O2. The highest BCUT2D eigenvalue weighted by Crippen LogP contribution is 2.25. The minimum absolute atomic E-state index is 0.279. The van der Waals surface area contributed by atoms with Crippen molar-refractivity contribution in [1.29, 1.82) is 0 Å². The van der Waals surface area contributed by atoms with Crippen LogP contribution >= 0.6 is 0 Å². The highest BCUT2D eigenvalue weighted by atomic mass is 19.2. The van der Waals surface area contributed by atoms with Gasteiger partial charge in [-0.25, -0.2) is 9.37 Å². The van der Waals surface area contributed by atoms with Crippen LogP contribution in [0.1, 0.15) is 0 Å². The van der Waals surface area contributed by atoms with E-state index >= 15 is 0 Å². The van der Waals surface area contributed by atoms with Gasteiger partial charge in [0.05, 0.1) is 6.33 Å². The number of rotatable bonds is 2. The van der Waals surface area contributed by atoms with Gasteiger partial charge in [-0.3, -0.25) is 4.79 Å². The van der Waals surface area contributed by atoms with Gasteiger partial charge in [0.25, 0.3) is 5.56 Å². The van der Waals surface area contributed by atoms with Gasteiger partial charge in [-0.2, -0.15) is 4.39 Å². The number of nitrogens with one attached hydrogen (secondary N) is 1. The van der Waals surface area contributed by atoms with Gasteiger partial charge in [0.1, 0.15) is 0 Å². The monoisotopic (exact) mass is 239 g/mol. The Kier molecular flexibility index (Phi) is 2.73. The molecule has 3 N–H and O–H groups in total. The summed E-state index contributed by atoms with van der Waals surface area (Å²) in [5.74, 6) is -2.91. The van der Waals surface area contributed by atoms with E-state index in [4.69, 9.17) is 10.5 Å². The molecule has 2 rings (SSSR count). The maximum atomic E-state index is 13.3. The molecular weight excluding hydrogens is 232 g/mol. The molecule has 0 bridgehead atoms. The van der Waals surface area contributed by atoms with Crippen molar-refractivity contribution in [1.82, 2.24) is 9.97 Å². The van der Waals surface area contributed by atoms with E-state index in [-0.39, 0.29) is 11.6 Å². The summed E-state index contributed by atoms with van der Waals surface area (Å²) in [6, 6.07) is 3.40. The molecule has 1 aromatic carbocycles. The number of hydrogen-bond acceptors (Lipinski definition) is 4. The maximum absolute atomic E-state index is 13.3. The van der Waals surface area contributed by atoms with Crippen LogP contribution in [-0.2, 0) is 0 Å². The van der Waals surface area contributed by atoms with Crippen molar-refractivity contribution < 1.29 is 13.5 Å². The van der Waals surface area contributed by atoms with Gasteiger partial charge in [0, 0.05) is 0 Å². The van der Waals surface area contributed by atoms with Crippen LogP contribution in [0.5, 0.6) is 11.6 Å². The van der Waals surface area contributed by atoms with Crippen molar-refractivity contribution in [2.24, 2.45) is 0 Å². The predicted octanol–water partition coefficient (Wildman–Crippen LogP) is 1.42. The Morgan fingerprint density at radius 1 is 1.35 bits per heavy atom. The van der Waals surface area contributed by atoms with Crippen LogP contribution < -0.4 is 16.0 Å². The van der Waals surface area contributed by atoms with Crippen LogP contribution in [-0.4, -0.2) is 9.97 Å². The van der Waals surface area contributed by atoms with Gasteiger partial charge in [-0.05, 0) is 12.1 Å². The van der Waals surface area contributed by atoms with Crippen LogP contribution in [0.3, 0.4) is 0 Å². The molecule has 1 heterocycles. The molecule has 0 fully saturated rings. The second-order valence-corrected chi connectivity index (χ2v) is 3.10. The fourth-order valence-electron chi connectivity index (χ4n) is 1.14. The maximum Gasteiger partial charge on any atom is 0.277 e. The lowest BCUT2D eigenvalue weighted by Gasteiger charge is -2.06.